The highest BCUT2D eigenvalue weighted by atomic mass is 16.5. The molecule has 0 aliphatic carbocycles. The lowest BCUT2D eigenvalue weighted by Gasteiger charge is -2.12. The normalized spacial score (nSPS) is 9.95. The van der Waals surface area contributed by atoms with Crippen molar-refractivity contribution in [3.63, 3.8) is 0 Å². The van der Waals surface area contributed by atoms with E-state index in [1.165, 1.54) is 7.11 Å². The predicted molar refractivity (Wildman–Crippen MR) is 86.5 cm³/mol. The van der Waals surface area contributed by atoms with Gasteiger partial charge in [-0.3, -0.25) is 4.79 Å². The van der Waals surface area contributed by atoms with Crippen LogP contribution in [0.2, 0.25) is 0 Å². The van der Waals surface area contributed by atoms with Gasteiger partial charge in [-0.1, -0.05) is 6.07 Å². The zero-order valence-electron chi connectivity index (χ0n) is 12.8. The first-order chi connectivity index (χ1) is 10.5. The van der Waals surface area contributed by atoms with E-state index in [4.69, 9.17) is 0 Å². The van der Waals surface area contributed by atoms with E-state index in [0.717, 1.165) is 5.69 Å². The molecule has 1 amide bonds. The van der Waals surface area contributed by atoms with Crippen LogP contribution in [0.25, 0.3) is 0 Å². The second kappa shape index (κ2) is 6.76. The number of anilines is 2. The number of carbonyl (C=O) groups excluding carboxylic acids is 2. The standard InChI is InChI=1S/C17H18N2O3/c1-19(2)15-9-7-12(8-10-15)16(20)18-14-6-4-5-13(11-14)17(21)22-3/h4-11H,1-3H3,(H,18,20). The van der Waals surface area contributed by atoms with Crippen molar-refractivity contribution in [3.05, 3.63) is 59.7 Å². The van der Waals surface area contributed by atoms with Gasteiger partial charge in [-0.2, -0.15) is 0 Å². The zero-order valence-corrected chi connectivity index (χ0v) is 12.8. The summed E-state index contributed by atoms with van der Waals surface area (Å²) in [5.41, 5.74) is 2.51. The molecular weight excluding hydrogens is 280 g/mol. The molecule has 2 aromatic rings. The molecular formula is C17H18N2O3. The molecule has 5 heteroatoms. The Balaban J connectivity index is 2.13. The summed E-state index contributed by atoms with van der Waals surface area (Å²) >= 11 is 0. The Hall–Kier alpha value is -2.82. The van der Waals surface area contributed by atoms with Gasteiger partial charge in [-0.25, -0.2) is 4.79 Å². The minimum absolute atomic E-state index is 0.229. The minimum atomic E-state index is -0.438. The molecule has 22 heavy (non-hydrogen) atoms. The fourth-order valence-electron chi connectivity index (χ4n) is 1.96. The molecule has 2 aromatic carbocycles. The molecule has 0 fully saturated rings. The lowest BCUT2D eigenvalue weighted by molar-refractivity contribution is 0.0600. The van der Waals surface area contributed by atoms with Gasteiger partial charge in [0.1, 0.15) is 0 Å². The molecule has 1 N–H and O–H groups in total. The van der Waals surface area contributed by atoms with Crippen molar-refractivity contribution in [1.29, 1.82) is 0 Å². The van der Waals surface area contributed by atoms with E-state index < -0.39 is 5.97 Å². The van der Waals surface area contributed by atoms with E-state index in [1.54, 1.807) is 36.4 Å². The minimum Gasteiger partial charge on any atom is -0.465 e. The van der Waals surface area contributed by atoms with E-state index in [-0.39, 0.29) is 5.91 Å². The lowest BCUT2D eigenvalue weighted by atomic mass is 10.1. The number of benzene rings is 2. The van der Waals surface area contributed by atoms with Crippen LogP contribution in [0.3, 0.4) is 0 Å². The second-order valence-electron chi connectivity index (χ2n) is 4.97. The number of esters is 1. The summed E-state index contributed by atoms with van der Waals surface area (Å²) < 4.78 is 4.66. The van der Waals surface area contributed by atoms with Crippen LogP contribution < -0.4 is 10.2 Å². The monoisotopic (exact) mass is 298 g/mol. The highest BCUT2D eigenvalue weighted by Gasteiger charge is 2.09. The number of nitrogens with zero attached hydrogens (tertiary/aromatic N) is 1. The van der Waals surface area contributed by atoms with Crippen LogP contribution in [0.4, 0.5) is 11.4 Å². The summed E-state index contributed by atoms with van der Waals surface area (Å²) in [5, 5.41) is 2.77. The van der Waals surface area contributed by atoms with Crippen molar-refractivity contribution in [2.75, 3.05) is 31.4 Å². The number of amides is 1. The molecule has 0 atom stereocenters. The number of methoxy groups -OCH3 is 1. The van der Waals surface area contributed by atoms with E-state index in [9.17, 15) is 9.59 Å². The fourth-order valence-corrected chi connectivity index (χ4v) is 1.96. The van der Waals surface area contributed by atoms with Crippen molar-refractivity contribution in [1.82, 2.24) is 0 Å². The first-order valence-corrected chi connectivity index (χ1v) is 6.78. The zero-order chi connectivity index (χ0) is 16.1. The van der Waals surface area contributed by atoms with E-state index in [2.05, 4.69) is 10.1 Å². The molecule has 0 unspecified atom stereocenters. The number of hydrogen-bond donors (Lipinski definition) is 1. The summed E-state index contributed by atoms with van der Waals surface area (Å²) in [7, 11) is 5.20. The van der Waals surface area contributed by atoms with E-state index in [0.29, 0.717) is 16.8 Å². The average molecular weight is 298 g/mol. The Bertz CT molecular complexity index is 679. The summed E-state index contributed by atoms with van der Waals surface area (Å²) in [6, 6.07) is 13.9. The maximum Gasteiger partial charge on any atom is 0.337 e. The number of ether oxygens (including phenoxy) is 1. The average Bonchev–Trinajstić information content (AvgIpc) is 2.54. The van der Waals surface area contributed by atoms with Crippen LogP contribution >= 0.6 is 0 Å². The second-order valence-corrected chi connectivity index (χ2v) is 4.97. The maximum absolute atomic E-state index is 12.2. The van der Waals surface area contributed by atoms with Gasteiger partial charge in [0.05, 0.1) is 12.7 Å². The van der Waals surface area contributed by atoms with E-state index >= 15 is 0 Å². The smallest absolute Gasteiger partial charge is 0.337 e. The topological polar surface area (TPSA) is 58.6 Å². The van der Waals surface area contributed by atoms with Crippen molar-refractivity contribution in [2.24, 2.45) is 0 Å². The maximum atomic E-state index is 12.2. The number of carbonyl (C=O) groups is 2. The van der Waals surface area contributed by atoms with Crippen LogP contribution in [0.1, 0.15) is 20.7 Å². The third-order valence-corrected chi connectivity index (χ3v) is 3.19. The van der Waals surface area contributed by atoms with Crippen LogP contribution in [0.5, 0.6) is 0 Å². The Morgan fingerprint density at radius 2 is 1.68 bits per heavy atom. The molecule has 5 nitrogen and oxygen atoms in total. The SMILES string of the molecule is COC(=O)c1cccc(NC(=O)c2ccc(N(C)C)cc2)c1. The summed E-state index contributed by atoms with van der Waals surface area (Å²) in [4.78, 5) is 25.6. The molecule has 0 saturated heterocycles. The van der Waals surface area contributed by atoms with Gasteiger partial charge in [-0.05, 0) is 42.5 Å². The first-order valence-electron chi connectivity index (χ1n) is 6.78. The largest absolute Gasteiger partial charge is 0.465 e. The van der Waals surface area contributed by atoms with Gasteiger partial charge in [0.15, 0.2) is 0 Å². The Labute approximate surface area is 129 Å². The summed E-state index contributed by atoms with van der Waals surface area (Å²) in [6.45, 7) is 0. The summed E-state index contributed by atoms with van der Waals surface area (Å²) in [6.07, 6.45) is 0. The Morgan fingerprint density at radius 3 is 2.27 bits per heavy atom. The van der Waals surface area contributed by atoms with Gasteiger partial charge in [0.2, 0.25) is 0 Å². The van der Waals surface area contributed by atoms with Crippen LogP contribution in [0.15, 0.2) is 48.5 Å². The fraction of sp³-hybridized carbons (Fsp3) is 0.176. The number of nitrogens with one attached hydrogen (secondary N) is 1. The van der Waals surface area contributed by atoms with Crippen LogP contribution in [-0.2, 0) is 4.74 Å². The molecule has 0 heterocycles. The molecule has 0 radical (unpaired) electrons. The lowest BCUT2D eigenvalue weighted by Crippen LogP contribution is -2.13. The van der Waals surface area contributed by atoms with Crippen LogP contribution in [-0.4, -0.2) is 33.1 Å². The predicted octanol–water partition coefficient (Wildman–Crippen LogP) is 2.79. The van der Waals surface area contributed by atoms with Crippen LogP contribution in [0, 0.1) is 0 Å². The van der Waals surface area contributed by atoms with Crippen molar-refractivity contribution in [2.45, 2.75) is 0 Å². The van der Waals surface area contributed by atoms with Crippen molar-refractivity contribution < 1.29 is 14.3 Å². The highest BCUT2D eigenvalue weighted by Crippen LogP contribution is 2.15. The molecule has 0 bridgehead atoms. The molecule has 2 rings (SSSR count). The van der Waals surface area contributed by atoms with Gasteiger partial charge in [0, 0.05) is 31.0 Å². The highest BCUT2D eigenvalue weighted by molar-refractivity contribution is 6.05. The third-order valence-electron chi connectivity index (χ3n) is 3.19. The molecule has 0 aromatic heterocycles. The van der Waals surface area contributed by atoms with Gasteiger partial charge >= 0.3 is 5.97 Å². The first kappa shape index (κ1) is 15.6. The molecule has 0 spiro atoms. The summed E-state index contributed by atoms with van der Waals surface area (Å²) in [5.74, 6) is -0.668. The van der Waals surface area contributed by atoms with Crippen molar-refractivity contribution in [3.8, 4) is 0 Å². The quantitative estimate of drug-likeness (QED) is 0.882. The van der Waals surface area contributed by atoms with Crippen molar-refractivity contribution >= 4 is 23.3 Å². The Kier molecular flexibility index (Phi) is 4.78. The molecule has 0 saturated carbocycles. The van der Waals surface area contributed by atoms with Gasteiger partial charge < -0.3 is 15.0 Å². The van der Waals surface area contributed by atoms with Gasteiger partial charge in [-0.15, -0.1) is 0 Å². The van der Waals surface area contributed by atoms with Gasteiger partial charge in [0.25, 0.3) is 5.91 Å². The number of hydrogen-bond acceptors (Lipinski definition) is 4. The third kappa shape index (κ3) is 3.63. The molecule has 0 aliphatic heterocycles. The molecule has 0 aliphatic rings. The molecule has 114 valence electrons. The Morgan fingerprint density at radius 1 is 1.00 bits per heavy atom. The van der Waals surface area contributed by atoms with E-state index in [1.807, 2.05) is 31.1 Å². The number of rotatable bonds is 4.